The van der Waals surface area contributed by atoms with E-state index in [1.807, 2.05) is 48.5 Å². The van der Waals surface area contributed by atoms with E-state index in [0.717, 1.165) is 35.4 Å². The Labute approximate surface area is 118 Å². The molecular weight excluding hydrogens is 250 g/mol. The summed E-state index contributed by atoms with van der Waals surface area (Å²) in [7, 11) is 1.66. The molecule has 102 valence electrons. The average molecular weight is 267 g/mol. The molecule has 1 heterocycles. The summed E-state index contributed by atoms with van der Waals surface area (Å²) in [6, 6.07) is 15.7. The number of aryl methyl sites for hydroxylation is 1. The first-order valence-electron chi connectivity index (χ1n) is 6.80. The van der Waals surface area contributed by atoms with Gasteiger partial charge in [-0.3, -0.25) is 4.79 Å². The average Bonchev–Trinajstić information content (AvgIpc) is 2.65. The highest BCUT2D eigenvalue weighted by molar-refractivity contribution is 5.97. The second kappa shape index (κ2) is 5.37. The van der Waals surface area contributed by atoms with Crippen molar-refractivity contribution in [3.8, 4) is 5.75 Å². The summed E-state index contributed by atoms with van der Waals surface area (Å²) in [6.07, 6.45) is 1.68. The van der Waals surface area contributed by atoms with Gasteiger partial charge in [-0.05, 0) is 42.2 Å². The maximum Gasteiger partial charge on any atom is 0.231 e. The first-order valence-corrected chi connectivity index (χ1v) is 6.80. The monoisotopic (exact) mass is 267 g/mol. The number of carbonyl (C=O) groups is 1. The topological polar surface area (TPSA) is 38.3 Å². The Morgan fingerprint density at radius 1 is 1.15 bits per heavy atom. The fourth-order valence-corrected chi connectivity index (χ4v) is 2.68. The van der Waals surface area contributed by atoms with Crippen molar-refractivity contribution >= 4 is 11.6 Å². The first-order chi connectivity index (χ1) is 9.78. The molecule has 1 aliphatic rings. The van der Waals surface area contributed by atoms with E-state index in [1.54, 1.807) is 7.11 Å². The standard InChI is InChI=1S/C17H17NO2/c1-20-14-8-10-16-13(11-14)7-9-15(17(19)18-16)12-5-3-2-4-6-12/h2-6,8,10-11,15H,7,9H2,1H3,(H,18,19)/t15-/m1/s1. The van der Waals surface area contributed by atoms with Crippen molar-refractivity contribution in [1.82, 2.24) is 0 Å². The van der Waals surface area contributed by atoms with Crippen molar-refractivity contribution in [1.29, 1.82) is 0 Å². The number of carbonyl (C=O) groups excluding carboxylic acids is 1. The van der Waals surface area contributed by atoms with E-state index in [4.69, 9.17) is 4.74 Å². The highest BCUT2D eigenvalue weighted by Crippen LogP contribution is 2.32. The maximum atomic E-state index is 12.4. The quantitative estimate of drug-likeness (QED) is 0.906. The van der Waals surface area contributed by atoms with Gasteiger partial charge in [0.15, 0.2) is 0 Å². The molecule has 2 aromatic carbocycles. The van der Waals surface area contributed by atoms with Crippen molar-refractivity contribution in [2.45, 2.75) is 18.8 Å². The summed E-state index contributed by atoms with van der Waals surface area (Å²) < 4.78 is 5.25. The molecule has 0 radical (unpaired) electrons. The number of amides is 1. The number of benzene rings is 2. The van der Waals surface area contributed by atoms with Crippen LogP contribution in [-0.4, -0.2) is 13.0 Å². The summed E-state index contributed by atoms with van der Waals surface area (Å²) in [6.45, 7) is 0. The SMILES string of the molecule is COc1ccc2c(c1)CC[C@H](c1ccccc1)C(=O)N2. The lowest BCUT2D eigenvalue weighted by Gasteiger charge is -2.13. The lowest BCUT2D eigenvalue weighted by Crippen LogP contribution is -2.19. The number of anilines is 1. The first kappa shape index (κ1) is 12.7. The highest BCUT2D eigenvalue weighted by Gasteiger charge is 2.25. The van der Waals surface area contributed by atoms with E-state index >= 15 is 0 Å². The molecule has 0 unspecified atom stereocenters. The van der Waals surface area contributed by atoms with Gasteiger partial charge < -0.3 is 10.1 Å². The van der Waals surface area contributed by atoms with Gasteiger partial charge in [0, 0.05) is 5.69 Å². The molecular formula is C17H17NO2. The molecule has 1 amide bonds. The normalized spacial score (nSPS) is 17.9. The Morgan fingerprint density at radius 3 is 2.70 bits per heavy atom. The van der Waals surface area contributed by atoms with Crippen molar-refractivity contribution in [3.05, 3.63) is 59.7 Å². The van der Waals surface area contributed by atoms with Gasteiger partial charge in [0.05, 0.1) is 13.0 Å². The lowest BCUT2D eigenvalue weighted by atomic mass is 9.93. The van der Waals surface area contributed by atoms with Crippen LogP contribution in [0, 0.1) is 0 Å². The fraction of sp³-hybridized carbons (Fsp3) is 0.235. The third-order valence-corrected chi connectivity index (χ3v) is 3.79. The van der Waals surface area contributed by atoms with Crippen molar-refractivity contribution in [3.63, 3.8) is 0 Å². The molecule has 0 saturated heterocycles. The molecule has 1 N–H and O–H groups in total. The number of fused-ring (bicyclic) bond motifs is 1. The molecule has 2 aromatic rings. The van der Waals surface area contributed by atoms with E-state index in [2.05, 4.69) is 5.32 Å². The number of rotatable bonds is 2. The van der Waals surface area contributed by atoms with Gasteiger partial charge in [-0.1, -0.05) is 30.3 Å². The van der Waals surface area contributed by atoms with Gasteiger partial charge >= 0.3 is 0 Å². The van der Waals surface area contributed by atoms with Crippen LogP contribution < -0.4 is 10.1 Å². The summed E-state index contributed by atoms with van der Waals surface area (Å²) in [4.78, 5) is 12.4. The molecule has 3 nitrogen and oxygen atoms in total. The van der Waals surface area contributed by atoms with E-state index in [9.17, 15) is 4.79 Å². The van der Waals surface area contributed by atoms with Crippen LogP contribution in [0.1, 0.15) is 23.5 Å². The van der Waals surface area contributed by atoms with Crippen LogP contribution in [0.2, 0.25) is 0 Å². The van der Waals surface area contributed by atoms with Gasteiger partial charge in [0.2, 0.25) is 5.91 Å². The second-order valence-electron chi connectivity index (χ2n) is 5.01. The van der Waals surface area contributed by atoms with Crippen LogP contribution in [0.5, 0.6) is 5.75 Å². The van der Waals surface area contributed by atoms with Crippen LogP contribution in [0.25, 0.3) is 0 Å². The minimum atomic E-state index is -0.0883. The van der Waals surface area contributed by atoms with Gasteiger partial charge in [0.25, 0.3) is 0 Å². The van der Waals surface area contributed by atoms with Crippen molar-refractivity contribution in [2.24, 2.45) is 0 Å². The zero-order valence-corrected chi connectivity index (χ0v) is 11.4. The number of hydrogen-bond acceptors (Lipinski definition) is 2. The number of nitrogens with one attached hydrogen (secondary N) is 1. The summed E-state index contributed by atoms with van der Waals surface area (Å²) in [5, 5.41) is 3.03. The predicted octanol–water partition coefficient (Wildman–Crippen LogP) is 3.36. The summed E-state index contributed by atoms with van der Waals surface area (Å²) in [5.74, 6) is 0.811. The molecule has 0 spiro atoms. The molecule has 20 heavy (non-hydrogen) atoms. The minimum Gasteiger partial charge on any atom is -0.497 e. The van der Waals surface area contributed by atoms with Crippen molar-refractivity contribution < 1.29 is 9.53 Å². The smallest absolute Gasteiger partial charge is 0.231 e. The maximum absolute atomic E-state index is 12.4. The van der Waals surface area contributed by atoms with E-state index in [1.165, 1.54) is 0 Å². The number of hydrogen-bond donors (Lipinski definition) is 1. The molecule has 1 atom stereocenters. The van der Waals surface area contributed by atoms with E-state index < -0.39 is 0 Å². The Morgan fingerprint density at radius 2 is 1.95 bits per heavy atom. The third kappa shape index (κ3) is 2.39. The predicted molar refractivity (Wildman–Crippen MR) is 79.1 cm³/mol. The molecule has 0 aromatic heterocycles. The van der Waals surface area contributed by atoms with Crippen LogP contribution >= 0.6 is 0 Å². The van der Waals surface area contributed by atoms with Gasteiger partial charge in [-0.15, -0.1) is 0 Å². The molecule has 3 rings (SSSR count). The highest BCUT2D eigenvalue weighted by atomic mass is 16.5. The van der Waals surface area contributed by atoms with Gasteiger partial charge in [-0.2, -0.15) is 0 Å². The molecule has 3 heteroatoms. The van der Waals surface area contributed by atoms with Crippen LogP contribution in [0.3, 0.4) is 0 Å². The van der Waals surface area contributed by atoms with E-state index in [-0.39, 0.29) is 11.8 Å². The number of methoxy groups -OCH3 is 1. The van der Waals surface area contributed by atoms with Crippen LogP contribution in [-0.2, 0) is 11.2 Å². The van der Waals surface area contributed by atoms with Crippen LogP contribution in [0.15, 0.2) is 48.5 Å². The molecule has 0 aliphatic carbocycles. The summed E-state index contributed by atoms with van der Waals surface area (Å²) >= 11 is 0. The molecule has 0 fully saturated rings. The largest absolute Gasteiger partial charge is 0.497 e. The molecule has 0 saturated carbocycles. The van der Waals surface area contributed by atoms with Gasteiger partial charge in [-0.25, -0.2) is 0 Å². The summed E-state index contributed by atoms with van der Waals surface area (Å²) in [5.41, 5.74) is 3.11. The third-order valence-electron chi connectivity index (χ3n) is 3.79. The molecule has 1 aliphatic heterocycles. The zero-order chi connectivity index (χ0) is 13.9. The second-order valence-corrected chi connectivity index (χ2v) is 5.01. The van der Waals surface area contributed by atoms with Crippen LogP contribution in [0.4, 0.5) is 5.69 Å². The Balaban J connectivity index is 1.90. The number of ether oxygens (including phenoxy) is 1. The van der Waals surface area contributed by atoms with Crippen molar-refractivity contribution in [2.75, 3.05) is 12.4 Å². The Bertz CT molecular complexity index is 622. The Kier molecular flexibility index (Phi) is 3.42. The molecule has 0 bridgehead atoms. The fourth-order valence-electron chi connectivity index (χ4n) is 2.68. The van der Waals surface area contributed by atoms with E-state index in [0.29, 0.717) is 0 Å². The Hall–Kier alpha value is -2.29. The minimum absolute atomic E-state index is 0.0696. The van der Waals surface area contributed by atoms with Gasteiger partial charge in [0.1, 0.15) is 5.75 Å². The zero-order valence-electron chi connectivity index (χ0n) is 11.4. The lowest BCUT2D eigenvalue weighted by molar-refractivity contribution is -0.117.